The van der Waals surface area contributed by atoms with E-state index < -0.39 is 22.5 Å². The topological polar surface area (TPSA) is 112 Å². The number of hydrogen-bond donors (Lipinski definition) is 2. The molecule has 1 aliphatic rings. The van der Waals surface area contributed by atoms with Crippen molar-refractivity contribution in [2.24, 2.45) is 5.92 Å². The van der Waals surface area contributed by atoms with Gasteiger partial charge in [0.25, 0.3) is 0 Å². The molecule has 1 aromatic rings. The number of carbonyl (C=O) groups is 3. The van der Waals surface area contributed by atoms with Crippen molar-refractivity contribution in [2.75, 3.05) is 30.3 Å². The number of nitrogens with zero attached hydrogens (tertiary/aromatic N) is 2. The van der Waals surface area contributed by atoms with Crippen LogP contribution in [0.1, 0.15) is 26.7 Å². The van der Waals surface area contributed by atoms with Crippen LogP contribution in [0.25, 0.3) is 0 Å². The quantitative estimate of drug-likeness (QED) is 0.399. The summed E-state index contributed by atoms with van der Waals surface area (Å²) in [5, 5.41) is 14.4. The van der Waals surface area contributed by atoms with Gasteiger partial charge in [0, 0.05) is 24.5 Å². The van der Waals surface area contributed by atoms with Crippen LogP contribution in [-0.2, 0) is 19.1 Å². The van der Waals surface area contributed by atoms with Gasteiger partial charge in [-0.1, -0.05) is 26.0 Å². The molecule has 2 amide bonds. The zero-order chi connectivity index (χ0) is 22.8. The number of esters is 1. The fourth-order valence-electron chi connectivity index (χ4n) is 3.15. The molecule has 1 aliphatic heterocycles. The van der Waals surface area contributed by atoms with E-state index in [2.05, 4.69) is 17.2 Å². The smallest absolute Gasteiger partial charge is 0.326 e. The van der Waals surface area contributed by atoms with Crippen molar-refractivity contribution < 1.29 is 19.1 Å². The molecule has 3 unspecified atom stereocenters. The zero-order valence-electron chi connectivity index (χ0n) is 17.8. The summed E-state index contributed by atoms with van der Waals surface area (Å²) in [6.45, 7) is 8.13. The molecule has 1 saturated heterocycles. The Bertz CT molecular complexity index is 854. The van der Waals surface area contributed by atoms with Crippen molar-refractivity contribution in [3.05, 3.63) is 36.9 Å². The van der Waals surface area contributed by atoms with Crippen molar-refractivity contribution in [1.82, 2.24) is 4.90 Å². The maximum Gasteiger partial charge on any atom is 0.326 e. The number of nitrogens with one attached hydrogen (secondary N) is 2. The highest BCUT2D eigenvalue weighted by Gasteiger charge is 2.46. The summed E-state index contributed by atoms with van der Waals surface area (Å²) in [6.07, 6.45) is 2.87. The fraction of sp³-hybridized carbons (Fsp3) is 0.455. The molecule has 2 N–H and O–H groups in total. The number of amides is 2. The molecule has 0 radical (unpaired) electrons. The molecule has 0 bridgehead atoms. The molecule has 0 aromatic heterocycles. The number of hydrogen-bond acceptors (Lipinski definition) is 7. The molecule has 0 spiro atoms. The molecule has 0 saturated carbocycles. The van der Waals surface area contributed by atoms with Gasteiger partial charge in [-0.25, -0.2) is 0 Å². The summed E-state index contributed by atoms with van der Waals surface area (Å²) < 4.78 is 5.04. The van der Waals surface area contributed by atoms with E-state index in [9.17, 15) is 19.6 Å². The van der Waals surface area contributed by atoms with Crippen LogP contribution in [0.3, 0.4) is 0 Å². The zero-order valence-corrected chi connectivity index (χ0v) is 18.6. The molecule has 0 aliphatic carbocycles. The summed E-state index contributed by atoms with van der Waals surface area (Å²) in [7, 11) is 0. The second-order valence-corrected chi connectivity index (χ2v) is 8.24. The normalized spacial score (nSPS) is 18.7. The van der Waals surface area contributed by atoms with E-state index >= 15 is 0 Å². The molecular formula is C22H28N4O4S. The molecule has 2 rings (SSSR count). The first-order valence-corrected chi connectivity index (χ1v) is 11.2. The van der Waals surface area contributed by atoms with Crippen LogP contribution in [0.4, 0.5) is 11.4 Å². The van der Waals surface area contributed by atoms with Gasteiger partial charge in [0.05, 0.1) is 12.7 Å². The minimum atomic E-state index is -1.03. The van der Waals surface area contributed by atoms with E-state index in [1.165, 1.54) is 17.8 Å². The Hall–Kier alpha value is -2.99. The van der Waals surface area contributed by atoms with Crippen LogP contribution < -0.4 is 10.6 Å². The van der Waals surface area contributed by atoms with Crippen LogP contribution in [0.5, 0.6) is 0 Å². The molecular weight excluding hydrogens is 416 g/mol. The Kier molecular flexibility index (Phi) is 9.40. The number of rotatable bonds is 11. The lowest BCUT2D eigenvalue weighted by Crippen LogP contribution is -2.42. The van der Waals surface area contributed by atoms with Gasteiger partial charge in [0.1, 0.15) is 10.6 Å². The number of thioether (sulfide) groups is 1. The Morgan fingerprint density at radius 3 is 2.77 bits per heavy atom. The summed E-state index contributed by atoms with van der Waals surface area (Å²) in [6, 6.07) is 9.15. The van der Waals surface area contributed by atoms with Gasteiger partial charge in [0.15, 0.2) is 5.92 Å². The lowest BCUT2D eigenvalue weighted by molar-refractivity contribution is -0.147. The third-order valence-corrected chi connectivity index (χ3v) is 6.20. The lowest BCUT2D eigenvalue weighted by Gasteiger charge is -2.25. The van der Waals surface area contributed by atoms with Crippen molar-refractivity contribution in [3.8, 4) is 6.07 Å². The third-order valence-electron chi connectivity index (χ3n) is 4.69. The number of ether oxygens (including phenoxy) is 1. The van der Waals surface area contributed by atoms with Crippen molar-refractivity contribution >= 4 is 40.9 Å². The van der Waals surface area contributed by atoms with E-state index in [1.807, 2.05) is 19.1 Å². The molecule has 1 heterocycles. The Morgan fingerprint density at radius 2 is 2.13 bits per heavy atom. The van der Waals surface area contributed by atoms with Crippen molar-refractivity contribution in [3.63, 3.8) is 0 Å². The average Bonchev–Trinajstić information content (AvgIpc) is 3.06. The second-order valence-electron chi connectivity index (χ2n) is 6.91. The van der Waals surface area contributed by atoms with Crippen LogP contribution in [-0.4, -0.2) is 53.0 Å². The standard InChI is InChI=1S/C22H28N4O4S/c1-4-7-11-26-20(28)18(31-21(26)17(13-23)22(29)30-6-3)14-24-15-9-8-10-16(12-15)25-19(27)5-2/h5,8-10,12,17-18,21,24H,2,4,6-7,11,14H2,1,3H3,(H,25,27). The Balaban J connectivity index is 2.11. The number of anilines is 2. The highest BCUT2D eigenvalue weighted by atomic mass is 32.2. The first kappa shape index (κ1) is 24.3. The third kappa shape index (κ3) is 6.49. The maximum atomic E-state index is 13.0. The minimum Gasteiger partial charge on any atom is -0.465 e. The Morgan fingerprint density at radius 1 is 1.39 bits per heavy atom. The number of carbonyl (C=O) groups excluding carboxylic acids is 3. The minimum absolute atomic E-state index is 0.100. The van der Waals surface area contributed by atoms with Gasteiger partial charge in [0.2, 0.25) is 11.8 Å². The van der Waals surface area contributed by atoms with E-state index in [-0.39, 0.29) is 18.4 Å². The van der Waals surface area contributed by atoms with Gasteiger partial charge in [-0.2, -0.15) is 5.26 Å². The van der Waals surface area contributed by atoms with Crippen molar-refractivity contribution in [1.29, 1.82) is 5.26 Å². The molecule has 1 fully saturated rings. The van der Waals surface area contributed by atoms with Crippen molar-refractivity contribution in [2.45, 2.75) is 37.3 Å². The van der Waals surface area contributed by atoms with Crippen LogP contribution >= 0.6 is 11.8 Å². The summed E-state index contributed by atoms with van der Waals surface area (Å²) in [5.41, 5.74) is 1.34. The van der Waals surface area contributed by atoms with Gasteiger partial charge in [-0.15, -0.1) is 11.8 Å². The van der Waals surface area contributed by atoms with Crippen LogP contribution in [0.2, 0.25) is 0 Å². The monoisotopic (exact) mass is 444 g/mol. The van der Waals surface area contributed by atoms with Gasteiger partial charge in [-0.3, -0.25) is 14.4 Å². The maximum absolute atomic E-state index is 13.0. The Labute approximate surface area is 187 Å². The summed E-state index contributed by atoms with van der Waals surface area (Å²) >= 11 is 1.31. The molecule has 31 heavy (non-hydrogen) atoms. The van der Waals surface area contributed by atoms with Gasteiger partial charge >= 0.3 is 5.97 Å². The molecule has 166 valence electrons. The van der Waals surface area contributed by atoms with Crippen LogP contribution in [0, 0.1) is 17.2 Å². The lowest BCUT2D eigenvalue weighted by atomic mass is 10.1. The molecule has 3 atom stereocenters. The predicted molar refractivity (Wildman–Crippen MR) is 121 cm³/mol. The van der Waals surface area contributed by atoms with E-state index in [4.69, 9.17) is 4.74 Å². The van der Waals surface area contributed by atoms with Gasteiger partial charge < -0.3 is 20.3 Å². The molecule has 8 nitrogen and oxygen atoms in total. The number of benzene rings is 1. The van der Waals surface area contributed by atoms with Crippen LogP contribution in [0.15, 0.2) is 36.9 Å². The summed E-state index contributed by atoms with van der Waals surface area (Å²) in [5.74, 6) is -2.05. The van der Waals surface area contributed by atoms with E-state index in [1.54, 1.807) is 30.0 Å². The predicted octanol–water partition coefficient (Wildman–Crippen LogP) is 3.00. The largest absolute Gasteiger partial charge is 0.465 e. The molecule has 1 aromatic carbocycles. The van der Waals surface area contributed by atoms with Gasteiger partial charge in [-0.05, 0) is 37.6 Å². The summed E-state index contributed by atoms with van der Waals surface area (Å²) in [4.78, 5) is 38.4. The second kappa shape index (κ2) is 12.0. The highest BCUT2D eigenvalue weighted by Crippen LogP contribution is 2.37. The molecule has 9 heteroatoms. The first-order chi connectivity index (χ1) is 14.9. The number of unbranched alkanes of at least 4 members (excludes halogenated alkanes) is 1. The van der Waals surface area contributed by atoms with E-state index in [0.29, 0.717) is 18.8 Å². The fourth-order valence-corrected chi connectivity index (χ4v) is 4.60. The van der Waals surface area contributed by atoms with E-state index in [0.717, 1.165) is 18.5 Å². The SMILES string of the molecule is C=CC(=O)Nc1cccc(NCC2SC(C(C#N)C(=O)OCC)N(CCCC)C2=O)c1. The average molecular weight is 445 g/mol. The first-order valence-electron chi connectivity index (χ1n) is 10.2. The number of nitriles is 1. The highest BCUT2D eigenvalue weighted by molar-refractivity contribution is 8.01.